The lowest BCUT2D eigenvalue weighted by atomic mass is 9.78. The molecule has 0 aliphatic heterocycles. The number of benzene rings is 1. The molecule has 0 aromatic heterocycles. The van der Waals surface area contributed by atoms with Crippen LogP contribution in [0.25, 0.3) is 0 Å². The van der Waals surface area contributed by atoms with Crippen LogP contribution in [0.3, 0.4) is 0 Å². The van der Waals surface area contributed by atoms with Crippen molar-refractivity contribution in [2.45, 2.75) is 59.3 Å². The second-order valence-corrected chi connectivity index (χ2v) is 6.96. The molecular weight excluding hydrogens is 206 g/mol. The van der Waals surface area contributed by atoms with E-state index in [1.165, 1.54) is 22.4 Å². The Balaban J connectivity index is 3.49. The van der Waals surface area contributed by atoms with Crippen LogP contribution in [-0.4, -0.2) is 7.05 Å². The molecule has 1 aromatic rings. The maximum Gasteiger partial charge on any atom is 0.0378 e. The Morgan fingerprint density at radius 1 is 0.824 bits per heavy atom. The number of hydrogen-bond acceptors (Lipinski definition) is 1. The van der Waals surface area contributed by atoms with Gasteiger partial charge in [0.1, 0.15) is 0 Å². The van der Waals surface area contributed by atoms with Crippen molar-refractivity contribution in [3.05, 3.63) is 28.8 Å². The van der Waals surface area contributed by atoms with Gasteiger partial charge in [0.25, 0.3) is 0 Å². The first-order chi connectivity index (χ1) is 7.57. The third-order valence-electron chi connectivity index (χ3n) is 3.25. The van der Waals surface area contributed by atoms with Gasteiger partial charge in [0, 0.05) is 12.7 Å². The molecule has 1 N–H and O–H groups in total. The molecule has 0 spiro atoms. The smallest absolute Gasteiger partial charge is 0.0378 e. The molecule has 17 heavy (non-hydrogen) atoms. The van der Waals surface area contributed by atoms with Gasteiger partial charge in [0.2, 0.25) is 0 Å². The lowest BCUT2D eigenvalue weighted by Gasteiger charge is -2.29. The molecule has 1 rings (SSSR count). The van der Waals surface area contributed by atoms with Gasteiger partial charge in [-0.2, -0.15) is 0 Å². The normalized spacial score (nSPS) is 12.7. The fourth-order valence-electron chi connectivity index (χ4n) is 2.34. The summed E-state index contributed by atoms with van der Waals surface area (Å²) < 4.78 is 0. The van der Waals surface area contributed by atoms with Crippen molar-refractivity contribution in [2.75, 3.05) is 12.4 Å². The van der Waals surface area contributed by atoms with E-state index in [0.717, 1.165) is 0 Å². The van der Waals surface area contributed by atoms with Crippen LogP contribution in [0.1, 0.15) is 58.2 Å². The summed E-state index contributed by atoms with van der Waals surface area (Å²) in [5.41, 5.74) is 5.84. The highest BCUT2D eigenvalue weighted by molar-refractivity contribution is 5.58. The molecule has 0 radical (unpaired) electrons. The Kier molecular flexibility index (Phi) is 3.61. The van der Waals surface area contributed by atoms with Gasteiger partial charge in [-0.25, -0.2) is 0 Å². The summed E-state index contributed by atoms with van der Waals surface area (Å²) >= 11 is 0. The van der Waals surface area contributed by atoms with E-state index in [9.17, 15) is 0 Å². The molecule has 0 unspecified atom stereocenters. The van der Waals surface area contributed by atoms with Crippen LogP contribution in [0.15, 0.2) is 12.1 Å². The van der Waals surface area contributed by atoms with E-state index in [1.807, 2.05) is 7.05 Å². The molecule has 1 nitrogen and oxygen atoms in total. The van der Waals surface area contributed by atoms with E-state index in [4.69, 9.17) is 0 Å². The van der Waals surface area contributed by atoms with Crippen LogP contribution >= 0.6 is 0 Å². The number of rotatable bonds is 1. The summed E-state index contributed by atoms with van der Waals surface area (Å²) in [7, 11) is 2.00. The standard InChI is InChI=1S/C16H27N/c1-11-9-14(17-8)13(16(5,6)7)10-12(11)15(2,3)4/h9-10,17H,1-8H3. The van der Waals surface area contributed by atoms with E-state index >= 15 is 0 Å². The highest BCUT2D eigenvalue weighted by Crippen LogP contribution is 2.36. The number of anilines is 1. The zero-order valence-electron chi connectivity index (χ0n) is 12.7. The maximum atomic E-state index is 3.32. The molecule has 1 heteroatoms. The van der Waals surface area contributed by atoms with Gasteiger partial charge in [-0.05, 0) is 40.5 Å². The predicted octanol–water partition coefficient (Wildman–Crippen LogP) is 4.63. The van der Waals surface area contributed by atoms with Gasteiger partial charge in [0.15, 0.2) is 0 Å². The lowest BCUT2D eigenvalue weighted by Crippen LogP contribution is -2.19. The first-order valence-corrected chi connectivity index (χ1v) is 6.40. The molecule has 0 aliphatic carbocycles. The predicted molar refractivity (Wildman–Crippen MR) is 78.1 cm³/mol. The van der Waals surface area contributed by atoms with Crippen molar-refractivity contribution in [2.24, 2.45) is 0 Å². The summed E-state index contributed by atoms with van der Waals surface area (Å²) in [6.45, 7) is 15.8. The van der Waals surface area contributed by atoms with Crippen LogP contribution in [-0.2, 0) is 10.8 Å². The second-order valence-electron chi connectivity index (χ2n) is 6.96. The highest BCUT2D eigenvalue weighted by atomic mass is 14.8. The fraction of sp³-hybridized carbons (Fsp3) is 0.625. The van der Waals surface area contributed by atoms with Crippen LogP contribution in [0.2, 0.25) is 0 Å². The zero-order chi connectivity index (χ0) is 13.4. The molecular formula is C16H27N. The van der Waals surface area contributed by atoms with Gasteiger partial charge in [-0.15, -0.1) is 0 Å². The Morgan fingerprint density at radius 3 is 1.65 bits per heavy atom. The van der Waals surface area contributed by atoms with E-state index < -0.39 is 0 Å². The first-order valence-electron chi connectivity index (χ1n) is 6.40. The van der Waals surface area contributed by atoms with Crippen molar-refractivity contribution in [1.82, 2.24) is 0 Å². The third-order valence-corrected chi connectivity index (χ3v) is 3.25. The van der Waals surface area contributed by atoms with E-state index in [-0.39, 0.29) is 10.8 Å². The molecule has 0 heterocycles. The molecule has 0 saturated carbocycles. The molecule has 0 atom stereocenters. The molecule has 0 fully saturated rings. The first kappa shape index (κ1) is 14.1. The van der Waals surface area contributed by atoms with Gasteiger partial charge in [-0.3, -0.25) is 0 Å². The zero-order valence-corrected chi connectivity index (χ0v) is 12.7. The van der Waals surface area contributed by atoms with E-state index in [1.54, 1.807) is 0 Å². The Morgan fingerprint density at radius 2 is 1.29 bits per heavy atom. The second kappa shape index (κ2) is 4.36. The minimum absolute atomic E-state index is 0.173. The molecule has 0 bridgehead atoms. The van der Waals surface area contributed by atoms with Gasteiger partial charge in [0.05, 0.1) is 0 Å². The highest BCUT2D eigenvalue weighted by Gasteiger charge is 2.23. The van der Waals surface area contributed by atoms with Crippen molar-refractivity contribution < 1.29 is 0 Å². The van der Waals surface area contributed by atoms with Gasteiger partial charge in [-0.1, -0.05) is 47.6 Å². The van der Waals surface area contributed by atoms with Gasteiger partial charge >= 0.3 is 0 Å². The fourth-order valence-corrected chi connectivity index (χ4v) is 2.34. The van der Waals surface area contributed by atoms with Crippen molar-refractivity contribution in [1.29, 1.82) is 0 Å². The molecule has 0 aliphatic rings. The van der Waals surface area contributed by atoms with Crippen LogP contribution in [0.4, 0.5) is 5.69 Å². The summed E-state index contributed by atoms with van der Waals surface area (Å²) in [5.74, 6) is 0. The average molecular weight is 233 g/mol. The minimum atomic E-state index is 0.173. The Hall–Kier alpha value is -0.980. The summed E-state index contributed by atoms with van der Waals surface area (Å²) in [6, 6.07) is 4.66. The SMILES string of the molecule is CNc1cc(C)c(C(C)(C)C)cc1C(C)(C)C. The largest absolute Gasteiger partial charge is 0.388 e. The number of nitrogens with one attached hydrogen (secondary N) is 1. The topological polar surface area (TPSA) is 12.0 Å². The average Bonchev–Trinajstić information content (AvgIpc) is 2.13. The third kappa shape index (κ3) is 3.02. The van der Waals surface area contributed by atoms with Gasteiger partial charge < -0.3 is 5.32 Å². The lowest BCUT2D eigenvalue weighted by molar-refractivity contribution is 0.567. The molecule has 1 aromatic carbocycles. The van der Waals surface area contributed by atoms with Crippen molar-refractivity contribution in [3.8, 4) is 0 Å². The quantitative estimate of drug-likeness (QED) is 0.745. The van der Waals surface area contributed by atoms with E-state index in [2.05, 4.69) is 65.9 Å². The number of aryl methyl sites for hydroxylation is 1. The Labute approximate surface area is 107 Å². The van der Waals surface area contributed by atoms with Crippen molar-refractivity contribution >= 4 is 5.69 Å². The van der Waals surface area contributed by atoms with Crippen LogP contribution in [0.5, 0.6) is 0 Å². The minimum Gasteiger partial charge on any atom is -0.388 e. The summed E-state index contributed by atoms with van der Waals surface area (Å²) in [5, 5.41) is 3.32. The van der Waals surface area contributed by atoms with E-state index in [0.29, 0.717) is 0 Å². The Bertz CT molecular complexity index is 403. The van der Waals surface area contributed by atoms with Crippen molar-refractivity contribution in [3.63, 3.8) is 0 Å². The maximum absolute atomic E-state index is 3.32. The molecule has 0 saturated heterocycles. The molecule has 96 valence electrons. The molecule has 0 amide bonds. The number of hydrogen-bond donors (Lipinski definition) is 1. The monoisotopic (exact) mass is 233 g/mol. The van der Waals surface area contributed by atoms with Crippen LogP contribution < -0.4 is 5.32 Å². The summed E-state index contributed by atoms with van der Waals surface area (Å²) in [4.78, 5) is 0. The summed E-state index contributed by atoms with van der Waals surface area (Å²) in [6.07, 6.45) is 0. The van der Waals surface area contributed by atoms with Crippen LogP contribution in [0, 0.1) is 6.92 Å².